The lowest BCUT2D eigenvalue weighted by molar-refractivity contribution is -0.137. The van der Waals surface area contributed by atoms with Gasteiger partial charge in [0.2, 0.25) is 0 Å². The van der Waals surface area contributed by atoms with Gasteiger partial charge in [0.15, 0.2) is 11.6 Å². The molecule has 176 valence electrons. The van der Waals surface area contributed by atoms with Gasteiger partial charge in [-0.15, -0.1) is 0 Å². The van der Waals surface area contributed by atoms with Gasteiger partial charge in [-0.2, -0.15) is 13.2 Å². The molecule has 0 spiro atoms. The Balaban J connectivity index is 1.38. The zero-order valence-corrected chi connectivity index (χ0v) is 17.8. The number of nitrogens with one attached hydrogen (secondary N) is 1. The van der Waals surface area contributed by atoms with Crippen molar-refractivity contribution in [3.05, 3.63) is 66.1 Å². The number of carbonyl (C=O) groups is 1. The average Bonchev–Trinajstić information content (AvgIpc) is 2.84. The highest BCUT2D eigenvalue weighted by Crippen LogP contribution is 2.38. The molecule has 6 rings (SSSR count). The molecule has 2 bridgehead atoms. The summed E-state index contributed by atoms with van der Waals surface area (Å²) in [4.78, 5) is 31.5. The molecule has 2 aliphatic heterocycles. The van der Waals surface area contributed by atoms with Crippen LogP contribution >= 0.6 is 0 Å². The minimum Gasteiger partial charge on any atom is -0.365 e. The van der Waals surface area contributed by atoms with Gasteiger partial charge in [0, 0.05) is 25.0 Å². The first kappa shape index (κ1) is 22.2. The van der Waals surface area contributed by atoms with Crippen LogP contribution in [0.15, 0.2) is 49.1 Å². The third kappa shape index (κ3) is 4.29. The van der Waals surface area contributed by atoms with Crippen LogP contribution in [0.3, 0.4) is 0 Å². The number of hydrogen-bond acceptors (Lipinski definition) is 6. The van der Waals surface area contributed by atoms with Crippen LogP contribution < -0.4 is 5.32 Å². The molecule has 0 aromatic carbocycles. The van der Waals surface area contributed by atoms with E-state index in [2.05, 4.69) is 25.3 Å². The van der Waals surface area contributed by atoms with E-state index in [1.54, 1.807) is 17.0 Å². The maximum atomic E-state index is 13.6. The molecule has 3 aromatic heterocycles. The van der Waals surface area contributed by atoms with Crippen LogP contribution in [-0.4, -0.2) is 49.4 Å². The fourth-order valence-corrected chi connectivity index (χ4v) is 4.76. The summed E-state index contributed by atoms with van der Waals surface area (Å²) in [5.74, 6) is -0.0975. The van der Waals surface area contributed by atoms with Gasteiger partial charge in [-0.05, 0) is 49.4 Å². The van der Waals surface area contributed by atoms with Crippen LogP contribution in [0.25, 0.3) is 11.4 Å². The molecule has 5 heterocycles. The Morgan fingerprint density at radius 3 is 2.50 bits per heavy atom. The second kappa shape index (κ2) is 8.62. The Labute approximate surface area is 192 Å². The van der Waals surface area contributed by atoms with Crippen LogP contribution in [0.5, 0.6) is 0 Å². The summed E-state index contributed by atoms with van der Waals surface area (Å²) in [5, 5.41) is 3.22. The first-order valence-corrected chi connectivity index (χ1v) is 10.8. The summed E-state index contributed by atoms with van der Waals surface area (Å²) in [6.07, 6.45) is 2.42. The monoisotopic (exact) mass is 472 g/mol. The van der Waals surface area contributed by atoms with Crippen LogP contribution in [0.1, 0.15) is 35.3 Å². The molecule has 1 amide bonds. The number of amides is 1. The van der Waals surface area contributed by atoms with Gasteiger partial charge in [-0.3, -0.25) is 9.78 Å². The van der Waals surface area contributed by atoms with Crippen molar-refractivity contribution in [2.75, 3.05) is 11.9 Å². The summed E-state index contributed by atoms with van der Waals surface area (Å²) in [6.45, 7) is 0.558. The maximum Gasteiger partial charge on any atom is 0.417 e. The number of aromatic nitrogens is 4. The van der Waals surface area contributed by atoms with Crippen molar-refractivity contribution in [1.82, 2.24) is 24.8 Å². The molecule has 1 saturated carbocycles. The van der Waals surface area contributed by atoms with Crippen LogP contribution in [-0.2, 0) is 6.18 Å². The van der Waals surface area contributed by atoms with Crippen molar-refractivity contribution >= 4 is 11.7 Å². The molecule has 1 aliphatic carbocycles. The van der Waals surface area contributed by atoms with Crippen LogP contribution in [0, 0.1) is 11.7 Å². The summed E-state index contributed by atoms with van der Waals surface area (Å²) < 4.78 is 51.8. The number of hydrogen-bond donors (Lipinski definition) is 1. The third-order valence-corrected chi connectivity index (χ3v) is 6.33. The van der Waals surface area contributed by atoms with E-state index in [-0.39, 0.29) is 35.4 Å². The zero-order chi connectivity index (χ0) is 23.9. The topological polar surface area (TPSA) is 83.9 Å². The number of pyridine rings is 2. The van der Waals surface area contributed by atoms with E-state index in [1.807, 2.05) is 0 Å². The van der Waals surface area contributed by atoms with E-state index in [4.69, 9.17) is 0 Å². The number of alkyl halides is 3. The lowest BCUT2D eigenvalue weighted by Gasteiger charge is -2.50. The number of piperidine rings is 2. The lowest BCUT2D eigenvalue weighted by Crippen LogP contribution is -2.60. The summed E-state index contributed by atoms with van der Waals surface area (Å²) >= 11 is 0. The van der Waals surface area contributed by atoms with Crippen molar-refractivity contribution in [2.45, 2.75) is 37.5 Å². The molecule has 3 atom stereocenters. The molecular formula is C23H20F4N6O. The summed E-state index contributed by atoms with van der Waals surface area (Å²) in [6, 6.07) is 5.28. The van der Waals surface area contributed by atoms with Crippen LogP contribution in [0.4, 0.5) is 23.4 Å². The summed E-state index contributed by atoms with van der Waals surface area (Å²) in [5.41, 5.74) is -0.235. The highest BCUT2D eigenvalue weighted by atomic mass is 19.4. The molecule has 34 heavy (non-hydrogen) atoms. The van der Waals surface area contributed by atoms with Gasteiger partial charge in [0.1, 0.15) is 11.5 Å². The third-order valence-electron chi connectivity index (χ3n) is 6.33. The first-order valence-electron chi connectivity index (χ1n) is 10.8. The average molecular weight is 472 g/mol. The molecule has 7 nitrogen and oxygen atoms in total. The van der Waals surface area contributed by atoms with Gasteiger partial charge < -0.3 is 10.2 Å². The van der Waals surface area contributed by atoms with Crippen LogP contribution in [0.2, 0.25) is 0 Å². The molecule has 0 radical (unpaired) electrons. The first-order chi connectivity index (χ1) is 16.3. The fraction of sp³-hybridized carbons (Fsp3) is 0.348. The predicted octanol–water partition coefficient (Wildman–Crippen LogP) is 4.20. The molecule has 3 unspecified atom stereocenters. The van der Waals surface area contributed by atoms with Crippen molar-refractivity contribution in [3.63, 3.8) is 0 Å². The zero-order valence-electron chi connectivity index (χ0n) is 17.8. The number of halogens is 4. The van der Waals surface area contributed by atoms with E-state index >= 15 is 0 Å². The Morgan fingerprint density at radius 1 is 1.03 bits per heavy atom. The Hall–Kier alpha value is -3.63. The number of nitrogens with zero attached hydrogens (tertiary/aromatic N) is 5. The van der Waals surface area contributed by atoms with E-state index in [0.717, 1.165) is 43.9 Å². The normalized spacial score (nSPS) is 22.0. The van der Waals surface area contributed by atoms with Crippen molar-refractivity contribution in [2.24, 2.45) is 5.92 Å². The minimum atomic E-state index is -4.45. The minimum absolute atomic E-state index is 0.157. The van der Waals surface area contributed by atoms with Crippen molar-refractivity contribution in [3.8, 4) is 11.4 Å². The molecular weight excluding hydrogens is 452 g/mol. The van der Waals surface area contributed by atoms with E-state index in [1.165, 1.54) is 12.3 Å². The SMILES string of the molecule is O=C(c1ncccc1-c1ncc(F)cn1)N1CC2CCC1C(Nc1ccc(C(F)(F)F)cn1)C2. The largest absolute Gasteiger partial charge is 0.417 e. The van der Waals surface area contributed by atoms with Crippen molar-refractivity contribution < 1.29 is 22.4 Å². The molecule has 11 heteroatoms. The second-order valence-electron chi connectivity index (χ2n) is 8.51. The number of rotatable bonds is 4. The molecule has 3 aliphatic rings. The second-order valence-corrected chi connectivity index (χ2v) is 8.51. The Morgan fingerprint density at radius 2 is 1.82 bits per heavy atom. The lowest BCUT2D eigenvalue weighted by atomic mass is 9.76. The fourth-order valence-electron chi connectivity index (χ4n) is 4.76. The predicted molar refractivity (Wildman–Crippen MR) is 114 cm³/mol. The molecule has 3 fully saturated rings. The molecule has 3 aromatic rings. The van der Waals surface area contributed by atoms with Crippen molar-refractivity contribution in [1.29, 1.82) is 0 Å². The highest BCUT2D eigenvalue weighted by Gasteiger charge is 2.44. The molecule has 1 N–H and O–H groups in total. The van der Waals surface area contributed by atoms with Gasteiger partial charge >= 0.3 is 6.18 Å². The number of carbonyl (C=O) groups excluding carboxylic acids is 1. The smallest absolute Gasteiger partial charge is 0.365 e. The van der Waals surface area contributed by atoms with E-state index in [0.29, 0.717) is 17.9 Å². The standard InChI is InChI=1S/C23H20F4N6O/c24-15-10-30-21(31-11-15)16-2-1-7-28-20(16)22(34)33-12-13-3-5-18(33)17(8-13)32-19-6-4-14(9-29-19)23(25,26)27/h1-2,4,6-7,9-11,13,17-18H,3,5,8,12H2,(H,29,32). The van der Waals surface area contributed by atoms with Gasteiger partial charge in [-0.25, -0.2) is 19.3 Å². The van der Waals surface area contributed by atoms with Gasteiger partial charge in [0.05, 0.1) is 29.6 Å². The van der Waals surface area contributed by atoms with E-state index < -0.39 is 17.6 Å². The Kier molecular flexibility index (Phi) is 5.62. The number of fused-ring (bicyclic) bond motifs is 3. The Bertz CT molecular complexity index is 1190. The van der Waals surface area contributed by atoms with Gasteiger partial charge in [0.25, 0.3) is 5.91 Å². The maximum absolute atomic E-state index is 13.6. The molecule has 2 saturated heterocycles. The number of anilines is 1. The highest BCUT2D eigenvalue weighted by molar-refractivity contribution is 5.98. The van der Waals surface area contributed by atoms with Gasteiger partial charge in [-0.1, -0.05) is 0 Å². The van der Waals surface area contributed by atoms with E-state index in [9.17, 15) is 22.4 Å². The summed E-state index contributed by atoms with van der Waals surface area (Å²) in [7, 11) is 0. The quantitative estimate of drug-likeness (QED) is 0.573.